The molecular formula is C29H29N5O2. The van der Waals surface area contributed by atoms with Gasteiger partial charge in [0.15, 0.2) is 0 Å². The van der Waals surface area contributed by atoms with Gasteiger partial charge in [-0.2, -0.15) is 5.26 Å². The molecular weight excluding hydrogens is 450 g/mol. The van der Waals surface area contributed by atoms with Gasteiger partial charge >= 0.3 is 0 Å². The molecule has 0 saturated heterocycles. The Hall–Kier alpha value is -4.44. The number of pyridine rings is 2. The molecule has 7 heteroatoms. The van der Waals surface area contributed by atoms with Gasteiger partial charge in [0, 0.05) is 49.2 Å². The molecule has 7 nitrogen and oxygen atoms in total. The molecule has 0 unspecified atom stereocenters. The molecule has 182 valence electrons. The Balaban J connectivity index is 1.71. The number of nitrogens with one attached hydrogen (secondary N) is 1. The minimum absolute atomic E-state index is 0.00536. The summed E-state index contributed by atoms with van der Waals surface area (Å²) in [5.74, 6) is -0.141. The number of nitriles is 1. The summed E-state index contributed by atoms with van der Waals surface area (Å²) in [6, 6.07) is 19.3. The number of likely N-dealkylation sites (N-methyl/N-ethyl adjacent to an activating group) is 1. The number of carbonyl (C=O) groups is 1. The van der Waals surface area contributed by atoms with Gasteiger partial charge in [-0.3, -0.25) is 14.6 Å². The predicted molar refractivity (Wildman–Crippen MR) is 143 cm³/mol. The standard InChI is InChI=1S/C29H29N5O2/c1-18-13-27(32-20(3)24-8-6-7-23(16-30)19(24)2)25-14-21(9-10-26(25)31-18)22-11-12-34(28(35)15-22)17-29(36)33(4)5/h6-15,20H,17H2,1-5H3,(H,31,32)/t20-/m1/s1. The van der Waals surface area contributed by atoms with Crippen molar-refractivity contribution in [3.05, 3.63) is 93.5 Å². The first kappa shape index (κ1) is 24.7. The highest BCUT2D eigenvalue weighted by atomic mass is 16.2. The monoisotopic (exact) mass is 479 g/mol. The fourth-order valence-electron chi connectivity index (χ4n) is 4.32. The van der Waals surface area contributed by atoms with Gasteiger partial charge in [-0.1, -0.05) is 18.2 Å². The molecule has 1 amide bonds. The van der Waals surface area contributed by atoms with Gasteiger partial charge in [-0.25, -0.2) is 0 Å². The van der Waals surface area contributed by atoms with Crippen LogP contribution in [0.1, 0.15) is 35.3 Å². The Labute approximate surface area is 210 Å². The number of anilines is 1. The second-order valence-electron chi connectivity index (χ2n) is 9.21. The lowest BCUT2D eigenvalue weighted by atomic mass is 9.97. The van der Waals surface area contributed by atoms with E-state index in [4.69, 9.17) is 0 Å². The van der Waals surface area contributed by atoms with E-state index in [1.54, 1.807) is 26.4 Å². The summed E-state index contributed by atoms with van der Waals surface area (Å²) in [5, 5.41) is 14.0. The zero-order chi connectivity index (χ0) is 26.0. The van der Waals surface area contributed by atoms with Crippen LogP contribution in [-0.2, 0) is 11.3 Å². The van der Waals surface area contributed by atoms with Gasteiger partial charge in [0.1, 0.15) is 6.54 Å². The van der Waals surface area contributed by atoms with Crippen molar-refractivity contribution in [3.8, 4) is 17.2 Å². The van der Waals surface area contributed by atoms with Crippen molar-refractivity contribution < 1.29 is 4.79 Å². The van der Waals surface area contributed by atoms with Crippen LogP contribution in [0.5, 0.6) is 0 Å². The van der Waals surface area contributed by atoms with Crippen molar-refractivity contribution in [1.82, 2.24) is 14.5 Å². The van der Waals surface area contributed by atoms with Gasteiger partial charge in [0.2, 0.25) is 5.91 Å². The topological polar surface area (TPSA) is 91.0 Å². The van der Waals surface area contributed by atoms with E-state index >= 15 is 0 Å². The third-order valence-electron chi connectivity index (χ3n) is 6.41. The fraction of sp³-hybridized carbons (Fsp3) is 0.241. The number of hydrogen-bond acceptors (Lipinski definition) is 5. The van der Waals surface area contributed by atoms with E-state index in [-0.39, 0.29) is 24.1 Å². The molecule has 0 spiro atoms. The summed E-state index contributed by atoms with van der Waals surface area (Å²) in [6.07, 6.45) is 1.66. The van der Waals surface area contributed by atoms with Crippen LogP contribution >= 0.6 is 0 Å². The fourth-order valence-corrected chi connectivity index (χ4v) is 4.32. The number of aromatic nitrogens is 2. The molecule has 2 aromatic heterocycles. The summed E-state index contributed by atoms with van der Waals surface area (Å²) in [5.41, 5.74) is 6.78. The van der Waals surface area contributed by atoms with E-state index in [9.17, 15) is 14.9 Å². The third kappa shape index (κ3) is 4.98. The van der Waals surface area contributed by atoms with Crippen molar-refractivity contribution in [3.63, 3.8) is 0 Å². The van der Waals surface area contributed by atoms with Crippen LogP contribution < -0.4 is 10.9 Å². The molecule has 4 aromatic rings. The van der Waals surface area contributed by atoms with E-state index < -0.39 is 0 Å². The molecule has 4 rings (SSSR count). The van der Waals surface area contributed by atoms with Crippen molar-refractivity contribution in [2.45, 2.75) is 33.4 Å². The lowest BCUT2D eigenvalue weighted by Gasteiger charge is -2.20. The summed E-state index contributed by atoms with van der Waals surface area (Å²) < 4.78 is 1.41. The van der Waals surface area contributed by atoms with Crippen LogP contribution in [0.3, 0.4) is 0 Å². The first-order chi connectivity index (χ1) is 17.2. The zero-order valence-electron chi connectivity index (χ0n) is 21.2. The lowest BCUT2D eigenvalue weighted by Crippen LogP contribution is -2.31. The Kier molecular flexibility index (Phi) is 6.89. The third-order valence-corrected chi connectivity index (χ3v) is 6.41. The van der Waals surface area contributed by atoms with Crippen molar-refractivity contribution in [2.75, 3.05) is 19.4 Å². The van der Waals surface area contributed by atoms with Gasteiger partial charge in [-0.05, 0) is 73.4 Å². The molecule has 36 heavy (non-hydrogen) atoms. The number of benzene rings is 2. The first-order valence-corrected chi connectivity index (χ1v) is 11.8. The normalized spacial score (nSPS) is 11.7. The van der Waals surface area contributed by atoms with Crippen molar-refractivity contribution in [2.24, 2.45) is 0 Å². The Morgan fingerprint density at radius 1 is 1.11 bits per heavy atom. The number of amides is 1. The number of aryl methyl sites for hydroxylation is 1. The molecule has 0 aliphatic carbocycles. The number of nitrogens with zero attached hydrogens (tertiary/aromatic N) is 4. The molecule has 0 saturated carbocycles. The second kappa shape index (κ2) is 10.0. The molecule has 1 atom stereocenters. The van der Waals surface area contributed by atoms with Gasteiger partial charge < -0.3 is 14.8 Å². The summed E-state index contributed by atoms with van der Waals surface area (Å²) in [6.45, 7) is 6.00. The van der Waals surface area contributed by atoms with E-state index in [2.05, 4.69) is 23.3 Å². The highest BCUT2D eigenvalue weighted by Gasteiger charge is 2.14. The van der Waals surface area contributed by atoms with E-state index in [0.717, 1.165) is 44.5 Å². The number of rotatable bonds is 6. The van der Waals surface area contributed by atoms with E-state index in [1.165, 1.54) is 9.47 Å². The lowest BCUT2D eigenvalue weighted by molar-refractivity contribution is -0.129. The van der Waals surface area contributed by atoms with Crippen molar-refractivity contribution >= 4 is 22.5 Å². The summed E-state index contributed by atoms with van der Waals surface area (Å²) >= 11 is 0. The first-order valence-electron chi connectivity index (χ1n) is 11.8. The average Bonchev–Trinajstić information content (AvgIpc) is 2.84. The molecule has 0 radical (unpaired) electrons. The van der Waals surface area contributed by atoms with E-state index in [1.807, 2.05) is 62.4 Å². The maximum atomic E-state index is 12.7. The van der Waals surface area contributed by atoms with Crippen LogP contribution in [0.2, 0.25) is 0 Å². The van der Waals surface area contributed by atoms with Gasteiger partial charge in [0.25, 0.3) is 5.56 Å². The van der Waals surface area contributed by atoms with Crippen LogP contribution in [0.4, 0.5) is 5.69 Å². The summed E-state index contributed by atoms with van der Waals surface area (Å²) in [4.78, 5) is 30.8. The minimum atomic E-state index is -0.232. The maximum absolute atomic E-state index is 12.7. The maximum Gasteiger partial charge on any atom is 0.251 e. The van der Waals surface area contributed by atoms with Crippen LogP contribution in [0.25, 0.3) is 22.0 Å². The Morgan fingerprint density at radius 3 is 2.56 bits per heavy atom. The molecule has 0 aliphatic heterocycles. The van der Waals surface area contributed by atoms with Gasteiger partial charge in [0.05, 0.1) is 17.1 Å². The SMILES string of the molecule is Cc1cc(N[C@H](C)c2cccc(C#N)c2C)c2cc(-c3ccn(CC(=O)N(C)C)c(=O)c3)ccc2n1. The number of fused-ring (bicyclic) bond motifs is 1. The molecule has 0 bridgehead atoms. The predicted octanol–water partition coefficient (Wildman–Crippen LogP) is 4.81. The summed E-state index contributed by atoms with van der Waals surface area (Å²) in [7, 11) is 3.33. The molecule has 0 aliphatic rings. The number of carbonyl (C=O) groups excluding carboxylic acids is 1. The Bertz CT molecular complexity index is 1560. The largest absolute Gasteiger partial charge is 0.378 e. The molecule has 2 heterocycles. The minimum Gasteiger partial charge on any atom is -0.378 e. The number of hydrogen-bond donors (Lipinski definition) is 1. The highest BCUT2D eigenvalue weighted by molar-refractivity contribution is 5.94. The second-order valence-corrected chi connectivity index (χ2v) is 9.21. The van der Waals surface area contributed by atoms with Crippen LogP contribution in [0, 0.1) is 25.2 Å². The molecule has 2 aromatic carbocycles. The van der Waals surface area contributed by atoms with E-state index in [0.29, 0.717) is 5.56 Å². The smallest absolute Gasteiger partial charge is 0.251 e. The quantitative estimate of drug-likeness (QED) is 0.428. The highest BCUT2D eigenvalue weighted by Crippen LogP contribution is 2.32. The van der Waals surface area contributed by atoms with Crippen LogP contribution in [-0.4, -0.2) is 34.5 Å². The van der Waals surface area contributed by atoms with Crippen LogP contribution in [0.15, 0.2) is 65.6 Å². The average molecular weight is 480 g/mol. The molecule has 1 N–H and O–H groups in total. The zero-order valence-corrected chi connectivity index (χ0v) is 21.2. The molecule has 0 fully saturated rings. The van der Waals surface area contributed by atoms with Crippen molar-refractivity contribution in [1.29, 1.82) is 5.26 Å². The Morgan fingerprint density at radius 2 is 1.86 bits per heavy atom. The van der Waals surface area contributed by atoms with Gasteiger partial charge in [-0.15, -0.1) is 0 Å².